The fourth-order valence-electron chi connectivity index (χ4n) is 2.83. The molecule has 1 amide bonds. The number of hydroxylamine groups is 1. The maximum atomic E-state index is 11.8. The molecule has 0 saturated heterocycles. The summed E-state index contributed by atoms with van der Waals surface area (Å²) in [6, 6.07) is 11.6. The molecule has 0 aliphatic heterocycles. The van der Waals surface area contributed by atoms with Crippen molar-refractivity contribution < 1.29 is 10.0 Å². The molecular formula is C15H13ClN2O2. The van der Waals surface area contributed by atoms with Crippen LogP contribution in [0.2, 0.25) is 5.02 Å². The first-order chi connectivity index (χ1) is 9.72. The average Bonchev–Trinajstić information content (AvgIpc) is 3.23. The van der Waals surface area contributed by atoms with E-state index in [0.29, 0.717) is 5.02 Å². The van der Waals surface area contributed by atoms with Gasteiger partial charge in [0, 0.05) is 24.2 Å². The minimum atomic E-state index is -0.371. The zero-order valence-corrected chi connectivity index (χ0v) is 11.3. The van der Waals surface area contributed by atoms with E-state index in [2.05, 4.69) is 4.98 Å². The topological polar surface area (TPSA) is 62.2 Å². The van der Waals surface area contributed by atoms with Crippen LogP contribution >= 0.6 is 11.6 Å². The summed E-state index contributed by atoms with van der Waals surface area (Å²) in [6.45, 7) is 0. The zero-order valence-electron chi connectivity index (χ0n) is 10.5. The second kappa shape index (κ2) is 5.23. The number of halogens is 1. The Morgan fingerprint density at radius 3 is 2.50 bits per heavy atom. The predicted octanol–water partition coefficient (Wildman–Crippen LogP) is 2.74. The van der Waals surface area contributed by atoms with Gasteiger partial charge in [-0.3, -0.25) is 15.0 Å². The van der Waals surface area contributed by atoms with Crippen molar-refractivity contribution in [3.63, 3.8) is 0 Å². The molecule has 102 valence electrons. The molecule has 2 aromatic rings. The fourth-order valence-corrected chi connectivity index (χ4v) is 3.01. The van der Waals surface area contributed by atoms with Crippen LogP contribution in [0.25, 0.3) is 0 Å². The Balaban J connectivity index is 1.95. The lowest BCUT2D eigenvalue weighted by atomic mass is 10.1. The van der Waals surface area contributed by atoms with Gasteiger partial charge >= 0.3 is 0 Å². The van der Waals surface area contributed by atoms with Gasteiger partial charge in [-0.25, -0.2) is 5.48 Å². The van der Waals surface area contributed by atoms with Crippen LogP contribution < -0.4 is 5.48 Å². The molecule has 0 spiro atoms. The minimum Gasteiger partial charge on any atom is -0.289 e. The zero-order chi connectivity index (χ0) is 14.1. The maximum Gasteiger partial charge on any atom is 0.247 e. The third kappa shape index (κ3) is 2.28. The van der Waals surface area contributed by atoms with E-state index in [1.54, 1.807) is 17.9 Å². The molecule has 20 heavy (non-hydrogen) atoms. The van der Waals surface area contributed by atoms with Crippen LogP contribution in [0.3, 0.4) is 0 Å². The van der Waals surface area contributed by atoms with Crippen molar-refractivity contribution in [3.8, 4) is 0 Å². The van der Waals surface area contributed by atoms with Crippen LogP contribution in [0.4, 0.5) is 0 Å². The Bertz CT molecular complexity index is 633. The van der Waals surface area contributed by atoms with Crippen molar-refractivity contribution in [2.75, 3.05) is 0 Å². The number of pyridine rings is 1. The Morgan fingerprint density at radius 1 is 1.15 bits per heavy atom. The maximum absolute atomic E-state index is 11.8. The summed E-state index contributed by atoms with van der Waals surface area (Å²) in [5.41, 5.74) is 3.74. The standard InChI is InChI=1S/C15H13ClN2O2/c16-11-6-10(7-17-8-11)13-12(14(13)15(19)18-20)9-4-2-1-3-5-9/h1-8,12-14,20H,(H,18,19)/t12-,13-,14-/m1/s1. The predicted molar refractivity (Wildman–Crippen MR) is 74.6 cm³/mol. The molecule has 2 N–H and O–H groups in total. The first-order valence-corrected chi connectivity index (χ1v) is 6.69. The number of amides is 1. The van der Waals surface area contributed by atoms with Gasteiger partial charge in [-0.15, -0.1) is 0 Å². The van der Waals surface area contributed by atoms with Crippen molar-refractivity contribution in [3.05, 3.63) is 64.9 Å². The highest BCUT2D eigenvalue weighted by Crippen LogP contribution is 2.60. The number of nitrogens with zero attached hydrogens (tertiary/aromatic N) is 1. The van der Waals surface area contributed by atoms with E-state index in [0.717, 1.165) is 11.1 Å². The SMILES string of the molecule is O=C(NO)[C@@H]1[C@H](c2ccccc2)[C@H]1c1cncc(Cl)c1. The van der Waals surface area contributed by atoms with Gasteiger partial charge in [0.2, 0.25) is 5.91 Å². The van der Waals surface area contributed by atoms with Crippen molar-refractivity contribution in [2.45, 2.75) is 11.8 Å². The highest BCUT2D eigenvalue weighted by atomic mass is 35.5. The molecule has 1 aromatic carbocycles. The van der Waals surface area contributed by atoms with Crippen LogP contribution in [0.5, 0.6) is 0 Å². The molecule has 1 aliphatic rings. The number of aromatic nitrogens is 1. The van der Waals surface area contributed by atoms with Gasteiger partial charge in [-0.2, -0.15) is 0 Å². The highest BCUT2D eigenvalue weighted by Gasteiger charge is 2.56. The van der Waals surface area contributed by atoms with Crippen LogP contribution in [0.1, 0.15) is 23.0 Å². The van der Waals surface area contributed by atoms with Gasteiger partial charge in [0.15, 0.2) is 0 Å². The molecule has 1 fully saturated rings. The van der Waals surface area contributed by atoms with Gasteiger partial charge in [0.05, 0.1) is 10.9 Å². The molecule has 0 unspecified atom stereocenters. The number of rotatable bonds is 3. The highest BCUT2D eigenvalue weighted by molar-refractivity contribution is 6.30. The Kier molecular flexibility index (Phi) is 3.42. The third-order valence-electron chi connectivity index (χ3n) is 3.73. The molecule has 1 saturated carbocycles. The lowest BCUT2D eigenvalue weighted by Gasteiger charge is -2.00. The van der Waals surface area contributed by atoms with E-state index in [1.807, 2.05) is 36.4 Å². The quantitative estimate of drug-likeness (QED) is 0.674. The number of nitrogens with one attached hydrogen (secondary N) is 1. The second-order valence-corrected chi connectivity index (χ2v) is 5.34. The van der Waals surface area contributed by atoms with E-state index in [-0.39, 0.29) is 23.7 Å². The summed E-state index contributed by atoms with van der Waals surface area (Å²) in [5, 5.41) is 9.43. The van der Waals surface area contributed by atoms with Crippen LogP contribution in [0.15, 0.2) is 48.8 Å². The number of carbonyl (C=O) groups is 1. The van der Waals surface area contributed by atoms with Crippen molar-refractivity contribution in [1.82, 2.24) is 10.5 Å². The Labute approximate surface area is 121 Å². The van der Waals surface area contributed by atoms with E-state index in [9.17, 15) is 4.79 Å². The molecule has 3 atom stereocenters. The third-order valence-corrected chi connectivity index (χ3v) is 3.93. The summed E-state index contributed by atoms with van der Waals surface area (Å²) in [5.74, 6) is -0.620. The van der Waals surface area contributed by atoms with E-state index < -0.39 is 0 Å². The van der Waals surface area contributed by atoms with E-state index in [1.165, 1.54) is 0 Å². The van der Waals surface area contributed by atoms with Gasteiger partial charge in [-0.1, -0.05) is 41.9 Å². The largest absolute Gasteiger partial charge is 0.289 e. The first-order valence-electron chi connectivity index (χ1n) is 6.31. The van der Waals surface area contributed by atoms with Crippen molar-refractivity contribution in [2.24, 2.45) is 5.92 Å². The molecule has 5 heteroatoms. The van der Waals surface area contributed by atoms with Gasteiger partial charge in [0.1, 0.15) is 0 Å². The molecule has 1 heterocycles. The molecule has 1 aliphatic carbocycles. The van der Waals surface area contributed by atoms with Crippen molar-refractivity contribution >= 4 is 17.5 Å². The summed E-state index contributed by atoms with van der Waals surface area (Å²) >= 11 is 5.96. The molecule has 4 nitrogen and oxygen atoms in total. The van der Waals surface area contributed by atoms with Gasteiger partial charge in [-0.05, 0) is 17.2 Å². The van der Waals surface area contributed by atoms with Crippen LogP contribution in [-0.2, 0) is 4.79 Å². The molecule has 3 rings (SSSR count). The number of carbonyl (C=O) groups excluding carboxylic acids is 1. The second-order valence-electron chi connectivity index (χ2n) is 4.90. The summed E-state index contributed by atoms with van der Waals surface area (Å²) < 4.78 is 0. The number of benzene rings is 1. The van der Waals surface area contributed by atoms with E-state index >= 15 is 0 Å². The number of hydrogen-bond acceptors (Lipinski definition) is 3. The lowest BCUT2D eigenvalue weighted by molar-refractivity contribution is -0.130. The summed E-state index contributed by atoms with van der Waals surface area (Å²) in [7, 11) is 0. The Morgan fingerprint density at radius 2 is 1.85 bits per heavy atom. The summed E-state index contributed by atoms with van der Waals surface area (Å²) in [4.78, 5) is 15.9. The molecule has 0 bridgehead atoms. The average molecular weight is 289 g/mol. The Hall–Kier alpha value is -1.91. The smallest absolute Gasteiger partial charge is 0.247 e. The molecule has 1 aromatic heterocycles. The molecular weight excluding hydrogens is 276 g/mol. The fraction of sp³-hybridized carbons (Fsp3) is 0.200. The van der Waals surface area contributed by atoms with Crippen LogP contribution in [-0.4, -0.2) is 16.1 Å². The molecule has 0 radical (unpaired) electrons. The van der Waals surface area contributed by atoms with Crippen LogP contribution in [0, 0.1) is 5.92 Å². The monoisotopic (exact) mass is 288 g/mol. The van der Waals surface area contributed by atoms with Gasteiger partial charge < -0.3 is 0 Å². The first kappa shape index (κ1) is 13.1. The normalized spacial score (nSPS) is 24.2. The minimum absolute atomic E-state index is 0.00394. The number of hydrogen-bond donors (Lipinski definition) is 2. The lowest BCUT2D eigenvalue weighted by Crippen LogP contribution is -2.21. The van der Waals surface area contributed by atoms with E-state index in [4.69, 9.17) is 16.8 Å². The van der Waals surface area contributed by atoms with Crippen molar-refractivity contribution in [1.29, 1.82) is 0 Å². The van der Waals surface area contributed by atoms with Gasteiger partial charge in [0.25, 0.3) is 0 Å². The summed E-state index contributed by atoms with van der Waals surface area (Å²) in [6.07, 6.45) is 3.28.